The van der Waals surface area contributed by atoms with E-state index in [4.69, 9.17) is 19.9 Å². The Balaban J connectivity index is 2.46. The molecule has 0 aliphatic heterocycles. The van der Waals surface area contributed by atoms with Gasteiger partial charge in [0.05, 0.1) is 13.7 Å². The summed E-state index contributed by atoms with van der Waals surface area (Å²) in [6.07, 6.45) is 0.879. The molecule has 0 aromatic heterocycles. The van der Waals surface area contributed by atoms with Crippen LogP contribution >= 0.6 is 0 Å². The van der Waals surface area contributed by atoms with Gasteiger partial charge in [-0.3, -0.25) is 0 Å². The minimum atomic E-state index is 0.442. The van der Waals surface area contributed by atoms with Crippen molar-refractivity contribution in [2.24, 2.45) is 5.73 Å². The van der Waals surface area contributed by atoms with E-state index in [1.165, 1.54) is 0 Å². The fraction of sp³-hybridized carbons (Fsp3) is 0.538. The van der Waals surface area contributed by atoms with E-state index < -0.39 is 0 Å². The van der Waals surface area contributed by atoms with E-state index in [1.807, 2.05) is 25.1 Å². The molecular weight excluding hydrogens is 218 g/mol. The molecule has 0 saturated heterocycles. The van der Waals surface area contributed by atoms with Crippen molar-refractivity contribution in [1.82, 2.24) is 0 Å². The lowest BCUT2D eigenvalue weighted by atomic mass is 10.2. The van der Waals surface area contributed by atoms with E-state index in [0.29, 0.717) is 13.2 Å². The summed E-state index contributed by atoms with van der Waals surface area (Å²) >= 11 is 0. The second kappa shape index (κ2) is 7.92. The third kappa shape index (κ3) is 4.63. The number of hydrogen-bond donors (Lipinski definition) is 1. The van der Waals surface area contributed by atoms with Gasteiger partial charge in [-0.1, -0.05) is 0 Å². The van der Waals surface area contributed by atoms with Crippen molar-refractivity contribution >= 4 is 0 Å². The summed E-state index contributed by atoms with van der Waals surface area (Å²) in [6, 6.07) is 5.66. The smallest absolute Gasteiger partial charge is 0.124 e. The van der Waals surface area contributed by atoms with Crippen LogP contribution in [0.25, 0.3) is 0 Å². The van der Waals surface area contributed by atoms with Gasteiger partial charge in [0, 0.05) is 31.7 Å². The molecule has 17 heavy (non-hydrogen) atoms. The molecule has 0 aliphatic rings. The highest BCUT2D eigenvalue weighted by atomic mass is 16.5. The third-order valence-corrected chi connectivity index (χ3v) is 2.38. The van der Waals surface area contributed by atoms with Crippen LogP contribution in [0.2, 0.25) is 0 Å². The average Bonchev–Trinajstić information content (AvgIpc) is 2.38. The molecule has 0 aliphatic carbocycles. The van der Waals surface area contributed by atoms with Gasteiger partial charge < -0.3 is 19.9 Å². The van der Waals surface area contributed by atoms with Gasteiger partial charge in [-0.2, -0.15) is 0 Å². The summed E-state index contributed by atoms with van der Waals surface area (Å²) in [7, 11) is 1.64. The predicted octanol–water partition coefficient (Wildman–Crippen LogP) is 1.96. The van der Waals surface area contributed by atoms with Gasteiger partial charge in [-0.25, -0.2) is 0 Å². The van der Waals surface area contributed by atoms with E-state index >= 15 is 0 Å². The van der Waals surface area contributed by atoms with Gasteiger partial charge in [0.2, 0.25) is 0 Å². The van der Waals surface area contributed by atoms with E-state index in [1.54, 1.807) is 7.11 Å². The van der Waals surface area contributed by atoms with Gasteiger partial charge >= 0.3 is 0 Å². The summed E-state index contributed by atoms with van der Waals surface area (Å²) in [5.41, 5.74) is 6.62. The first-order valence-electron chi connectivity index (χ1n) is 5.89. The lowest BCUT2D eigenvalue weighted by molar-refractivity contribution is 0.130. The number of ether oxygens (including phenoxy) is 3. The van der Waals surface area contributed by atoms with Gasteiger partial charge in [0.1, 0.15) is 11.5 Å². The third-order valence-electron chi connectivity index (χ3n) is 2.38. The maximum Gasteiger partial charge on any atom is 0.124 e. The summed E-state index contributed by atoms with van der Waals surface area (Å²) in [4.78, 5) is 0. The topological polar surface area (TPSA) is 53.7 Å². The fourth-order valence-electron chi connectivity index (χ4n) is 1.47. The molecule has 0 amide bonds. The lowest BCUT2D eigenvalue weighted by Gasteiger charge is -2.11. The number of benzene rings is 1. The van der Waals surface area contributed by atoms with Crippen LogP contribution in [0, 0.1) is 0 Å². The van der Waals surface area contributed by atoms with Crippen LogP contribution in [-0.2, 0) is 11.3 Å². The van der Waals surface area contributed by atoms with Gasteiger partial charge in [0.25, 0.3) is 0 Å². The molecule has 0 atom stereocenters. The summed E-state index contributed by atoms with van der Waals surface area (Å²) < 4.78 is 16.0. The number of methoxy groups -OCH3 is 1. The zero-order valence-electron chi connectivity index (χ0n) is 10.6. The molecule has 0 radical (unpaired) electrons. The lowest BCUT2D eigenvalue weighted by Crippen LogP contribution is -2.06. The van der Waals surface area contributed by atoms with E-state index in [9.17, 15) is 0 Å². The molecule has 0 unspecified atom stereocenters. The molecule has 4 heteroatoms. The molecule has 1 rings (SSSR count). The molecule has 4 nitrogen and oxygen atoms in total. The molecule has 1 aromatic rings. The molecule has 1 aromatic carbocycles. The van der Waals surface area contributed by atoms with Crippen LogP contribution in [0.4, 0.5) is 0 Å². The average molecular weight is 239 g/mol. The molecule has 0 heterocycles. The van der Waals surface area contributed by atoms with Crippen molar-refractivity contribution in [3.63, 3.8) is 0 Å². The summed E-state index contributed by atoms with van der Waals surface area (Å²) in [5, 5.41) is 0. The van der Waals surface area contributed by atoms with Crippen molar-refractivity contribution in [2.75, 3.05) is 26.9 Å². The Hall–Kier alpha value is -1.26. The predicted molar refractivity (Wildman–Crippen MR) is 67.5 cm³/mol. The summed E-state index contributed by atoms with van der Waals surface area (Å²) in [6.45, 7) is 4.54. The van der Waals surface area contributed by atoms with Gasteiger partial charge in [-0.15, -0.1) is 0 Å². The highest BCUT2D eigenvalue weighted by Gasteiger charge is 2.04. The van der Waals surface area contributed by atoms with Crippen LogP contribution in [0.1, 0.15) is 18.9 Å². The van der Waals surface area contributed by atoms with Gasteiger partial charge in [0.15, 0.2) is 0 Å². The van der Waals surface area contributed by atoms with Crippen molar-refractivity contribution in [1.29, 1.82) is 0 Å². The molecule has 0 spiro atoms. The maximum absolute atomic E-state index is 5.67. The summed E-state index contributed by atoms with van der Waals surface area (Å²) in [5.74, 6) is 1.62. The van der Waals surface area contributed by atoms with Crippen molar-refractivity contribution in [2.45, 2.75) is 19.9 Å². The Morgan fingerprint density at radius 3 is 2.71 bits per heavy atom. The van der Waals surface area contributed by atoms with E-state index in [0.717, 1.165) is 36.7 Å². The van der Waals surface area contributed by atoms with Gasteiger partial charge in [-0.05, 0) is 25.1 Å². The minimum absolute atomic E-state index is 0.442. The van der Waals surface area contributed by atoms with E-state index in [-0.39, 0.29) is 0 Å². The molecule has 0 saturated carbocycles. The van der Waals surface area contributed by atoms with E-state index in [2.05, 4.69) is 0 Å². The first-order chi connectivity index (χ1) is 8.31. The van der Waals surface area contributed by atoms with Crippen LogP contribution in [0.5, 0.6) is 11.5 Å². The first kappa shape index (κ1) is 13.8. The van der Waals surface area contributed by atoms with Crippen molar-refractivity contribution in [3.8, 4) is 11.5 Å². The minimum Gasteiger partial charge on any atom is -0.497 e. The number of nitrogens with two attached hydrogens (primary N) is 1. The zero-order chi connectivity index (χ0) is 12.5. The highest BCUT2D eigenvalue weighted by Crippen LogP contribution is 2.23. The molecule has 2 N–H and O–H groups in total. The quantitative estimate of drug-likeness (QED) is 0.705. The number of hydrogen-bond acceptors (Lipinski definition) is 4. The Morgan fingerprint density at radius 2 is 2.06 bits per heavy atom. The monoisotopic (exact) mass is 239 g/mol. The number of rotatable bonds is 8. The SMILES string of the molecule is CCOCCCOc1ccc(OC)cc1CN. The second-order valence-corrected chi connectivity index (χ2v) is 3.58. The standard InChI is InChI=1S/C13H21NO3/c1-3-16-7-4-8-17-13-6-5-12(15-2)9-11(13)10-14/h5-6,9H,3-4,7-8,10,14H2,1-2H3. The second-order valence-electron chi connectivity index (χ2n) is 3.58. The van der Waals surface area contributed by atoms with Crippen LogP contribution < -0.4 is 15.2 Å². The largest absolute Gasteiger partial charge is 0.497 e. The Labute approximate surface area is 103 Å². The molecule has 0 bridgehead atoms. The molecule has 96 valence electrons. The molecule has 0 fully saturated rings. The Kier molecular flexibility index (Phi) is 6.43. The van der Waals surface area contributed by atoms with Crippen LogP contribution in [-0.4, -0.2) is 26.9 Å². The Morgan fingerprint density at radius 1 is 1.24 bits per heavy atom. The zero-order valence-corrected chi connectivity index (χ0v) is 10.6. The van der Waals surface area contributed by atoms with Crippen molar-refractivity contribution < 1.29 is 14.2 Å². The Bertz CT molecular complexity index is 328. The highest BCUT2D eigenvalue weighted by molar-refractivity contribution is 5.40. The maximum atomic E-state index is 5.67. The normalized spacial score (nSPS) is 10.3. The van der Waals surface area contributed by atoms with Crippen LogP contribution in [0.15, 0.2) is 18.2 Å². The first-order valence-corrected chi connectivity index (χ1v) is 5.89. The fourth-order valence-corrected chi connectivity index (χ4v) is 1.47. The van der Waals surface area contributed by atoms with Crippen molar-refractivity contribution in [3.05, 3.63) is 23.8 Å². The molecular formula is C13H21NO3. The van der Waals surface area contributed by atoms with Crippen LogP contribution in [0.3, 0.4) is 0 Å².